The lowest BCUT2D eigenvalue weighted by Gasteiger charge is -2.30. The summed E-state index contributed by atoms with van der Waals surface area (Å²) in [5, 5.41) is 0.371. The van der Waals surface area contributed by atoms with Gasteiger partial charge in [0.25, 0.3) is 0 Å². The summed E-state index contributed by atoms with van der Waals surface area (Å²) >= 11 is 5.89. The van der Waals surface area contributed by atoms with Crippen molar-refractivity contribution < 1.29 is 8.42 Å². The fourth-order valence-corrected chi connectivity index (χ4v) is 4.84. The number of rotatable bonds is 5. The molecule has 0 spiro atoms. The summed E-state index contributed by atoms with van der Waals surface area (Å²) in [6.45, 7) is 2.02. The van der Waals surface area contributed by atoms with Gasteiger partial charge in [-0.2, -0.15) is 0 Å². The van der Waals surface area contributed by atoms with E-state index in [-0.39, 0.29) is 16.6 Å². The standard InChI is InChI=1S/C15H23ClN2O2S/c1-2-14(11-6-4-3-5-7-11)18-21(19,20)15-10-12(16)8-9-13(15)17/h8-11,14,18H,2-7,17H2,1H3. The van der Waals surface area contributed by atoms with Crippen molar-refractivity contribution in [1.29, 1.82) is 0 Å². The molecule has 118 valence electrons. The van der Waals surface area contributed by atoms with E-state index in [0.717, 1.165) is 19.3 Å². The van der Waals surface area contributed by atoms with Crippen molar-refractivity contribution in [1.82, 2.24) is 4.72 Å². The molecule has 6 heteroatoms. The van der Waals surface area contributed by atoms with Crippen molar-refractivity contribution in [2.45, 2.75) is 56.4 Å². The van der Waals surface area contributed by atoms with Gasteiger partial charge in [0.2, 0.25) is 10.0 Å². The smallest absolute Gasteiger partial charge is 0.242 e. The summed E-state index contributed by atoms with van der Waals surface area (Å²) in [5.74, 6) is 0.416. The quantitative estimate of drug-likeness (QED) is 0.811. The zero-order valence-electron chi connectivity index (χ0n) is 12.3. The van der Waals surface area contributed by atoms with E-state index in [2.05, 4.69) is 4.72 Å². The minimum absolute atomic E-state index is 0.0336. The summed E-state index contributed by atoms with van der Waals surface area (Å²) in [5.41, 5.74) is 6.02. The van der Waals surface area contributed by atoms with E-state index in [0.29, 0.717) is 10.9 Å². The van der Waals surface area contributed by atoms with Crippen LogP contribution in [0.15, 0.2) is 23.1 Å². The van der Waals surface area contributed by atoms with E-state index in [9.17, 15) is 8.42 Å². The molecule has 2 rings (SSSR count). The molecule has 3 N–H and O–H groups in total. The molecule has 0 bridgehead atoms. The molecule has 1 aliphatic rings. The highest BCUT2D eigenvalue weighted by Gasteiger charge is 2.28. The number of hydrogen-bond donors (Lipinski definition) is 2. The molecule has 1 aliphatic carbocycles. The average Bonchev–Trinajstić information content (AvgIpc) is 2.48. The van der Waals surface area contributed by atoms with Crippen molar-refractivity contribution in [2.24, 2.45) is 5.92 Å². The van der Waals surface area contributed by atoms with Gasteiger partial charge in [-0.1, -0.05) is 37.8 Å². The molecule has 1 aromatic rings. The SMILES string of the molecule is CCC(NS(=O)(=O)c1cc(Cl)ccc1N)C1CCCCC1. The van der Waals surface area contributed by atoms with Crippen LogP contribution in [0.25, 0.3) is 0 Å². The van der Waals surface area contributed by atoms with Gasteiger partial charge in [-0.15, -0.1) is 0 Å². The van der Waals surface area contributed by atoms with Gasteiger partial charge in [0.05, 0.1) is 5.69 Å². The average molecular weight is 331 g/mol. The number of sulfonamides is 1. The van der Waals surface area contributed by atoms with Gasteiger partial charge >= 0.3 is 0 Å². The second kappa shape index (κ2) is 6.99. The van der Waals surface area contributed by atoms with Gasteiger partial charge in [0.1, 0.15) is 4.90 Å². The van der Waals surface area contributed by atoms with Crippen molar-refractivity contribution >= 4 is 27.3 Å². The topological polar surface area (TPSA) is 72.2 Å². The second-order valence-electron chi connectivity index (χ2n) is 5.72. The van der Waals surface area contributed by atoms with Crippen molar-refractivity contribution in [3.8, 4) is 0 Å². The highest BCUT2D eigenvalue weighted by atomic mass is 35.5. The van der Waals surface area contributed by atoms with Crippen molar-refractivity contribution in [3.63, 3.8) is 0 Å². The first kappa shape index (κ1) is 16.6. The molecule has 0 saturated heterocycles. The second-order valence-corrected chi connectivity index (χ2v) is 7.84. The molecule has 4 nitrogen and oxygen atoms in total. The summed E-state index contributed by atoms with van der Waals surface area (Å²) in [6, 6.07) is 4.49. The van der Waals surface area contributed by atoms with Crippen LogP contribution in [0.4, 0.5) is 5.69 Å². The summed E-state index contributed by atoms with van der Waals surface area (Å²) in [4.78, 5) is 0.0734. The Hall–Kier alpha value is -0.780. The molecule has 0 radical (unpaired) electrons. The Bertz CT molecular complexity index is 583. The van der Waals surface area contributed by atoms with E-state index in [1.165, 1.54) is 31.4 Å². The third-order valence-electron chi connectivity index (χ3n) is 4.23. The lowest BCUT2D eigenvalue weighted by molar-refractivity contribution is 0.285. The molecule has 21 heavy (non-hydrogen) atoms. The summed E-state index contributed by atoms with van der Waals surface area (Å²) in [7, 11) is -3.63. The number of anilines is 1. The Labute approximate surface area is 132 Å². The Morgan fingerprint density at radius 3 is 2.62 bits per heavy atom. The molecule has 1 saturated carbocycles. The maximum Gasteiger partial charge on any atom is 0.242 e. The number of benzene rings is 1. The zero-order valence-corrected chi connectivity index (χ0v) is 13.9. The van der Waals surface area contributed by atoms with E-state index in [4.69, 9.17) is 17.3 Å². The first-order chi connectivity index (χ1) is 9.94. The van der Waals surface area contributed by atoms with Crippen LogP contribution in [0.2, 0.25) is 5.02 Å². The Kier molecular flexibility index (Phi) is 5.52. The Morgan fingerprint density at radius 2 is 2.00 bits per heavy atom. The van der Waals surface area contributed by atoms with E-state index >= 15 is 0 Å². The van der Waals surface area contributed by atoms with Crippen molar-refractivity contribution in [3.05, 3.63) is 23.2 Å². The molecular formula is C15H23ClN2O2S. The zero-order chi connectivity index (χ0) is 15.5. The van der Waals surface area contributed by atoms with Gasteiger partial charge in [-0.25, -0.2) is 13.1 Å². The first-order valence-electron chi connectivity index (χ1n) is 7.51. The highest BCUT2D eigenvalue weighted by molar-refractivity contribution is 7.89. The van der Waals surface area contributed by atoms with Crippen LogP contribution < -0.4 is 10.5 Å². The molecule has 1 fully saturated rings. The van der Waals surface area contributed by atoms with E-state index < -0.39 is 10.0 Å². The first-order valence-corrected chi connectivity index (χ1v) is 9.37. The van der Waals surface area contributed by atoms with Crippen LogP contribution >= 0.6 is 11.6 Å². The van der Waals surface area contributed by atoms with Gasteiger partial charge in [-0.05, 0) is 43.4 Å². The fraction of sp³-hybridized carbons (Fsp3) is 0.600. The molecular weight excluding hydrogens is 308 g/mol. The van der Waals surface area contributed by atoms with Crippen LogP contribution in [0, 0.1) is 5.92 Å². The lowest BCUT2D eigenvalue weighted by atomic mass is 9.83. The molecule has 1 unspecified atom stereocenters. The largest absolute Gasteiger partial charge is 0.398 e. The van der Waals surface area contributed by atoms with Crippen LogP contribution in [-0.4, -0.2) is 14.5 Å². The predicted octanol–water partition coefficient (Wildman–Crippen LogP) is 3.56. The summed E-state index contributed by atoms with van der Waals surface area (Å²) < 4.78 is 28.0. The Morgan fingerprint density at radius 1 is 1.33 bits per heavy atom. The third kappa shape index (κ3) is 4.11. The van der Waals surface area contributed by atoms with Crippen LogP contribution in [0.5, 0.6) is 0 Å². The van der Waals surface area contributed by atoms with Gasteiger partial charge in [0.15, 0.2) is 0 Å². The minimum Gasteiger partial charge on any atom is -0.398 e. The number of nitrogen functional groups attached to an aromatic ring is 1. The van der Waals surface area contributed by atoms with E-state index in [1.54, 1.807) is 6.07 Å². The van der Waals surface area contributed by atoms with Crippen LogP contribution in [0.3, 0.4) is 0 Å². The maximum absolute atomic E-state index is 12.6. The van der Waals surface area contributed by atoms with Crippen LogP contribution in [0.1, 0.15) is 45.4 Å². The Balaban J connectivity index is 2.20. The molecule has 0 heterocycles. The number of hydrogen-bond acceptors (Lipinski definition) is 3. The minimum atomic E-state index is -3.63. The molecule has 0 amide bonds. The van der Waals surface area contributed by atoms with Gasteiger partial charge in [0, 0.05) is 11.1 Å². The molecule has 0 aromatic heterocycles. The molecule has 0 aliphatic heterocycles. The third-order valence-corrected chi connectivity index (χ3v) is 6.01. The monoisotopic (exact) mass is 330 g/mol. The highest BCUT2D eigenvalue weighted by Crippen LogP contribution is 2.29. The molecule has 1 aromatic carbocycles. The normalized spacial score (nSPS) is 18.6. The maximum atomic E-state index is 12.6. The number of nitrogens with one attached hydrogen (secondary N) is 1. The lowest BCUT2D eigenvalue weighted by Crippen LogP contribution is -2.40. The van der Waals surface area contributed by atoms with Gasteiger partial charge in [-0.3, -0.25) is 0 Å². The van der Waals surface area contributed by atoms with Crippen molar-refractivity contribution in [2.75, 3.05) is 5.73 Å². The summed E-state index contributed by atoms with van der Waals surface area (Å²) in [6.07, 6.45) is 6.58. The molecule has 1 atom stereocenters. The van der Waals surface area contributed by atoms with Crippen LogP contribution in [-0.2, 0) is 10.0 Å². The predicted molar refractivity (Wildman–Crippen MR) is 86.8 cm³/mol. The number of nitrogens with two attached hydrogens (primary N) is 1. The number of halogens is 1. The van der Waals surface area contributed by atoms with E-state index in [1.807, 2.05) is 6.92 Å². The van der Waals surface area contributed by atoms with Gasteiger partial charge < -0.3 is 5.73 Å². The fourth-order valence-electron chi connectivity index (χ4n) is 3.05.